The van der Waals surface area contributed by atoms with Gasteiger partial charge in [-0.15, -0.1) is 0 Å². The molecule has 0 aliphatic rings. The molecule has 10 heteroatoms. The molecule has 0 spiro atoms. The van der Waals surface area contributed by atoms with Crippen molar-refractivity contribution in [1.29, 1.82) is 0 Å². The van der Waals surface area contributed by atoms with Gasteiger partial charge in [0, 0.05) is 12.2 Å². The highest BCUT2D eigenvalue weighted by Crippen LogP contribution is 2.29. The van der Waals surface area contributed by atoms with Gasteiger partial charge < -0.3 is 10.6 Å². The predicted molar refractivity (Wildman–Crippen MR) is 85.1 cm³/mol. The Bertz CT molecular complexity index is 848. The number of nitrogens with two attached hydrogens (primary N) is 1. The van der Waals surface area contributed by atoms with Gasteiger partial charge in [0.1, 0.15) is 0 Å². The van der Waals surface area contributed by atoms with Crippen LogP contribution in [0.15, 0.2) is 53.4 Å². The topological polar surface area (TPSA) is 101 Å². The molecular weight excluding hydrogens is 359 g/mol. The maximum atomic E-state index is 12.5. The fourth-order valence-electron chi connectivity index (χ4n) is 1.90. The summed E-state index contributed by atoms with van der Waals surface area (Å²) < 4.78 is 59.6. The minimum Gasteiger partial charge on any atom is -0.334 e. The Balaban J connectivity index is 1.90. The monoisotopic (exact) mass is 373 g/mol. The highest BCUT2D eigenvalue weighted by atomic mass is 32.2. The van der Waals surface area contributed by atoms with Crippen LogP contribution in [-0.4, -0.2) is 14.4 Å². The third kappa shape index (κ3) is 5.47. The number of halogens is 3. The molecule has 2 rings (SSSR count). The quantitative estimate of drug-likeness (QED) is 0.768. The van der Waals surface area contributed by atoms with Crippen molar-refractivity contribution in [3.05, 3.63) is 59.7 Å². The fourth-order valence-corrected chi connectivity index (χ4v) is 2.41. The lowest BCUT2D eigenvalue weighted by Crippen LogP contribution is -2.28. The van der Waals surface area contributed by atoms with E-state index in [1.165, 1.54) is 36.4 Å². The van der Waals surface area contributed by atoms with E-state index < -0.39 is 27.8 Å². The smallest absolute Gasteiger partial charge is 0.334 e. The highest BCUT2D eigenvalue weighted by Gasteiger charge is 2.29. The average molecular weight is 373 g/mol. The Labute approximate surface area is 141 Å². The van der Waals surface area contributed by atoms with Crippen molar-refractivity contribution in [2.75, 3.05) is 5.32 Å². The van der Waals surface area contributed by atoms with Crippen molar-refractivity contribution in [2.24, 2.45) is 5.14 Å². The van der Waals surface area contributed by atoms with Crippen molar-refractivity contribution in [1.82, 2.24) is 5.32 Å². The SMILES string of the molecule is NS(=O)(=O)c1ccc(NC(=O)NCc2ccc(C(F)(F)F)cc2)cc1. The van der Waals surface area contributed by atoms with Crippen LogP contribution in [0.4, 0.5) is 23.7 Å². The van der Waals surface area contributed by atoms with E-state index in [0.29, 0.717) is 11.3 Å². The van der Waals surface area contributed by atoms with Gasteiger partial charge in [0.25, 0.3) is 0 Å². The van der Waals surface area contributed by atoms with Crippen LogP contribution in [0.2, 0.25) is 0 Å². The molecule has 0 radical (unpaired) electrons. The molecule has 0 saturated heterocycles. The Kier molecular flexibility index (Phi) is 5.33. The number of hydrogen-bond donors (Lipinski definition) is 3. The summed E-state index contributed by atoms with van der Waals surface area (Å²) in [5.74, 6) is 0. The van der Waals surface area contributed by atoms with Gasteiger partial charge in [0.15, 0.2) is 0 Å². The highest BCUT2D eigenvalue weighted by molar-refractivity contribution is 7.89. The van der Waals surface area contributed by atoms with Gasteiger partial charge in [-0.3, -0.25) is 0 Å². The molecule has 134 valence electrons. The summed E-state index contributed by atoms with van der Waals surface area (Å²) in [6, 6.07) is 9.00. The average Bonchev–Trinajstić information content (AvgIpc) is 2.52. The second-order valence-corrected chi connectivity index (χ2v) is 6.63. The molecule has 0 bridgehead atoms. The van der Waals surface area contributed by atoms with Gasteiger partial charge in [-0.25, -0.2) is 18.4 Å². The fraction of sp³-hybridized carbons (Fsp3) is 0.133. The number of primary sulfonamides is 1. The number of hydrogen-bond acceptors (Lipinski definition) is 3. The van der Waals surface area contributed by atoms with Crippen LogP contribution in [-0.2, 0) is 22.7 Å². The first kappa shape index (κ1) is 18.7. The van der Waals surface area contributed by atoms with E-state index in [1.807, 2.05) is 0 Å². The largest absolute Gasteiger partial charge is 0.416 e. The number of rotatable bonds is 4. The second kappa shape index (κ2) is 7.11. The molecule has 6 nitrogen and oxygen atoms in total. The first-order valence-corrected chi connectivity index (χ1v) is 8.44. The molecule has 0 fully saturated rings. The van der Waals surface area contributed by atoms with E-state index >= 15 is 0 Å². The third-order valence-corrected chi connectivity index (χ3v) is 4.10. The number of anilines is 1. The molecule has 0 heterocycles. The normalized spacial score (nSPS) is 11.8. The molecule has 2 aromatic rings. The lowest BCUT2D eigenvalue weighted by atomic mass is 10.1. The Morgan fingerprint density at radius 2 is 1.56 bits per heavy atom. The molecular formula is C15H14F3N3O3S. The van der Waals surface area contributed by atoms with Crippen LogP contribution in [0.5, 0.6) is 0 Å². The Hall–Kier alpha value is -2.59. The number of urea groups is 1. The van der Waals surface area contributed by atoms with Gasteiger partial charge in [-0.05, 0) is 42.0 Å². The van der Waals surface area contributed by atoms with Crippen molar-refractivity contribution in [2.45, 2.75) is 17.6 Å². The van der Waals surface area contributed by atoms with Gasteiger partial charge in [-0.2, -0.15) is 13.2 Å². The number of nitrogens with one attached hydrogen (secondary N) is 2. The van der Waals surface area contributed by atoms with Crippen LogP contribution in [0.3, 0.4) is 0 Å². The third-order valence-electron chi connectivity index (χ3n) is 3.18. The zero-order valence-corrected chi connectivity index (χ0v) is 13.5. The lowest BCUT2D eigenvalue weighted by Gasteiger charge is -2.10. The lowest BCUT2D eigenvalue weighted by molar-refractivity contribution is -0.137. The van der Waals surface area contributed by atoms with Gasteiger partial charge in [0.2, 0.25) is 10.0 Å². The van der Waals surface area contributed by atoms with Crippen LogP contribution in [0.1, 0.15) is 11.1 Å². The predicted octanol–water partition coefficient (Wildman–Crippen LogP) is 2.67. The minimum absolute atomic E-state index is 0.0270. The summed E-state index contributed by atoms with van der Waals surface area (Å²) in [4.78, 5) is 11.7. The standard InChI is InChI=1S/C15H14F3N3O3S/c16-15(17,18)11-3-1-10(2-4-11)9-20-14(22)21-12-5-7-13(8-6-12)25(19,23)24/h1-8H,9H2,(H2,19,23,24)(H2,20,21,22). The van der Waals surface area contributed by atoms with Gasteiger partial charge >= 0.3 is 12.2 Å². The minimum atomic E-state index is -4.41. The number of amides is 2. The molecule has 2 aromatic carbocycles. The Morgan fingerprint density at radius 1 is 1.00 bits per heavy atom. The number of sulfonamides is 1. The second-order valence-electron chi connectivity index (χ2n) is 5.07. The summed E-state index contributed by atoms with van der Waals surface area (Å²) in [5.41, 5.74) is 0.0562. The number of alkyl halides is 3. The van der Waals surface area contributed by atoms with Crippen molar-refractivity contribution in [3.63, 3.8) is 0 Å². The molecule has 0 aromatic heterocycles. The summed E-state index contributed by atoms with van der Waals surface area (Å²) >= 11 is 0. The van der Waals surface area contributed by atoms with Crippen LogP contribution < -0.4 is 15.8 Å². The summed E-state index contributed by atoms with van der Waals surface area (Å²) in [6.07, 6.45) is -4.41. The van der Waals surface area contributed by atoms with E-state index in [-0.39, 0.29) is 11.4 Å². The maximum absolute atomic E-state index is 12.5. The van der Waals surface area contributed by atoms with E-state index in [1.54, 1.807) is 0 Å². The first-order valence-electron chi connectivity index (χ1n) is 6.89. The van der Waals surface area contributed by atoms with Crippen LogP contribution >= 0.6 is 0 Å². The number of benzene rings is 2. The van der Waals surface area contributed by atoms with E-state index in [2.05, 4.69) is 10.6 Å². The molecule has 0 saturated carbocycles. The van der Waals surface area contributed by atoms with Crippen molar-refractivity contribution in [3.8, 4) is 0 Å². The molecule has 2 amide bonds. The van der Waals surface area contributed by atoms with E-state index in [4.69, 9.17) is 5.14 Å². The van der Waals surface area contributed by atoms with Crippen molar-refractivity contribution >= 4 is 21.7 Å². The van der Waals surface area contributed by atoms with Gasteiger partial charge in [0.05, 0.1) is 10.5 Å². The van der Waals surface area contributed by atoms with Crippen LogP contribution in [0, 0.1) is 0 Å². The molecule has 0 atom stereocenters. The Morgan fingerprint density at radius 3 is 2.04 bits per heavy atom. The molecule has 25 heavy (non-hydrogen) atoms. The molecule has 4 N–H and O–H groups in total. The first-order chi connectivity index (χ1) is 11.6. The zero-order chi connectivity index (χ0) is 18.7. The molecule has 0 unspecified atom stereocenters. The summed E-state index contributed by atoms with van der Waals surface area (Å²) in [6.45, 7) is 0.0270. The maximum Gasteiger partial charge on any atom is 0.416 e. The zero-order valence-electron chi connectivity index (χ0n) is 12.7. The van der Waals surface area contributed by atoms with E-state index in [9.17, 15) is 26.4 Å². The molecule has 0 aliphatic carbocycles. The number of carbonyl (C=O) groups excluding carboxylic acids is 1. The van der Waals surface area contributed by atoms with Crippen LogP contribution in [0.25, 0.3) is 0 Å². The van der Waals surface area contributed by atoms with E-state index in [0.717, 1.165) is 12.1 Å². The van der Waals surface area contributed by atoms with Crippen molar-refractivity contribution < 1.29 is 26.4 Å². The summed E-state index contributed by atoms with van der Waals surface area (Å²) in [5, 5.41) is 9.90. The summed E-state index contributed by atoms with van der Waals surface area (Å²) in [7, 11) is -3.82. The van der Waals surface area contributed by atoms with Gasteiger partial charge in [-0.1, -0.05) is 12.1 Å². The number of carbonyl (C=O) groups is 1. The molecule has 0 aliphatic heterocycles.